The lowest BCUT2D eigenvalue weighted by Gasteiger charge is -2.48. The molecule has 0 bridgehead atoms. The van der Waals surface area contributed by atoms with E-state index in [1.807, 2.05) is 6.08 Å². The summed E-state index contributed by atoms with van der Waals surface area (Å²) >= 11 is 0. The number of carbonyl (C=O) groups excluding carboxylic acids is 1. The minimum atomic E-state index is -1.98. The average molecular weight is 1420 g/mol. The number of nitrogens with one attached hydrogen (secondary N) is 1. The molecule has 3 saturated heterocycles. The third-order valence-electron chi connectivity index (χ3n) is 21.1. The molecule has 586 valence electrons. The van der Waals surface area contributed by atoms with Crippen LogP contribution in [0.25, 0.3) is 0 Å². The van der Waals surface area contributed by atoms with E-state index in [0.29, 0.717) is 6.42 Å². The normalized spacial score (nSPS) is 26.6. The van der Waals surface area contributed by atoms with Crippen molar-refractivity contribution in [2.45, 2.75) is 465 Å². The van der Waals surface area contributed by atoms with E-state index >= 15 is 0 Å². The molecule has 3 rings (SSSR count). The fourth-order valence-electron chi connectivity index (χ4n) is 14.4. The van der Waals surface area contributed by atoms with Gasteiger partial charge >= 0.3 is 0 Å². The first kappa shape index (κ1) is 91.7. The Morgan fingerprint density at radius 2 is 0.626 bits per heavy atom. The lowest BCUT2D eigenvalue weighted by atomic mass is 9.96. The number of ether oxygens (including phenoxy) is 6. The molecule has 19 heteroatoms. The third kappa shape index (κ3) is 41.9. The first-order chi connectivity index (χ1) is 48.3. The van der Waals surface area contributed by atoms with Crippen molar-refractivity contribution in [2.75, 3.05) is 26.4 Å². The van der Waals surface area contributed by atoms with Gasteiger partial charge in [-0.3, -0.25) is 4.79 Å². The van der Waals surface area contributed by atoms with E-state index in [1.54, 1.807) is 6.08 Å². The standard InChI is InChI=1S/C80H153NO18/c1-3-5-7-9-11-13-15-17-19-21-23-24-25-26-27-28-29-30-31-32-33-34-35-36-37-38-39-40-42-44-46-48-50-52-54-56-58-68(86)81-63(64(85)57-55-53-51-49-47-45-43-41-22-20-18-16-14-12-10-8-6-4-2)62-94-78-74(92)71(89)76(66(60-83)96-78)99-80-75(93)72(90)77(67(61-84)97-80)98-79-73(91)70(88)69(87)65(59-82)95-79/h55,57,63-67,69-80,82-85,87-93H,3-54,56,58-62H2,1-2H3,(H,81,86)/b57-55+. The summed E-state index contributed by atoms with van der Waals surface area (Å²) in [5.41, 5.74) is 0. The Kier molecular flexibility index (Phi) is 57.1. The van der Waals surface area contributed by atoms with Gasteiger partial charge in [0.2, 0.25) is 5.91 Å². The van der Waals surface area contributed by atoms with Crippen molar-refractivity contribution < 1.29 is 89.4 Å². The van der Waals surface area contributed by atoms with Crippen molar-refractivity contribution in [1.82, 2.24) is 5.32 Å². The molecule has 0 saturated carbocycles. The minimum absolute atomic E-state index is 0.250. The highest BCUT2D eigenvalue weighted by Crippen LogP contribution is 2.33. The molecule has 12 N–H and O–H groups in total. The van der Waals surface area contributed by atoms with Gasteiger partial charge in [0, 0.05) is 6.42 Å². The van der Waals surface area contributed by atoms with Crippen LogP contribution in [0.2, 0.25) is 0 Å². The molecule has 17 atom stereocenters. The first-order valence-electron chi connectivity index (χ1n) is 41.4. The fourth-order valence-corrected chi connectivity index (χ4v) is 14.4. The number of amides is 1. The van der Waals surface area contributed by atoms with Crippen LogP contribution in [0.4, 0.5) is 0 Å². The summed E-state index contributed by atoms with van der Waals surface area (Å²) in [4.78, 5) is 13.5. The highest BCUT2D eigenvalue weighted by atomic mass is 16.8. The molecular formula is C80H153NO18. The predicted molar refractivity (Wildman–Crippen MR) is 393 cm³/mol. The Morgan fingerprint density at radius 1 is 0.354 bits per heavy atom. The lowest BCUT2D eigenvalue weighted by Crippen LogP contribution is -2.66. The third-order valence-corrected chi connectivity index (χ3v) is 21.1. The number of hydrogen-bond donors (Lipinski definition) is 12. The number of aliphatic hydroxyl groups excluding tert-OH is 11. The van der Waals surface area contributed by atoms with Gasteiger partial charge in [0.25, 0.3) is 0 Å². The molecular weight excluding hydrogens is 1260 g/mol. The number of aliphatic hydroxyl groups is 11. The largest absolute Gasteiger partial charge is 0.394 e. The molecule has 3 aliphatic rings. The van der Waals surface area contributed by atoms with Crippen LogP contribution in [-0.4, -0.2) is 193 Å². The maximum Gasteiger partial charge on any atom is 0.220 e. The molecule has 3 aliphatic heterocycles. The monoisotopic (exact) mass is 1420 g/mol. The molecule has 0 aromatic carbocycles. The smallest absolute Gasteiger partial charge is 0.220 e. The zero-order chi connectivity index (χ0) is 71.8. The molecule has 0 aromatic heterocycles. The lowest BCUT2D eigenvalue weighted by molar-refractivity contribution is -0.379. The van der Waals surface area contributed by atoms with Crippen LogP contribution in [0.5, 0.6) is 0 Å². The Bertz CT molecular complexity index is 1840. The minimum Gasteiger partial charge on any atom is -0.394 e. The summed E-state index contributed by atoms with van der Waals surface area (Å²) in [6.07, 6.45) is 46.5. The van der Waals surface area contributed by atoms with E-state index < -0.39 is 124 Å². The summed E-state index contributed by atoms with van der Waals surface area (Å²) in [7, 11) is 0. The molecule has 0 radical (unpaired) electrons. The van der Waals surface area contributed by atoms with Crippen LogP contribution in [-0.2, 0) is 33.2 Å². The summed E-state index contributed by atoms with van der Waals surface area (Å²) in [5.74, 6) is -0.267. The van der Waals surface area contributed by atoms with Crippen LogP contribution in [0.1, 0.15) is 361 Å². The van der Waals surface area contributed by atoms with Crippen molar-refractivity contribution in [1.29, 1.82) is 0 Å². The van der Waals surface area contributed by atoms with Gasteiger partial charge in [0.05, 0.1) is 38.6 Å². The number of unbranched alkanes of at least 4 members (excludes halogenated alkanes) is 51. The van der Waals surface area contributed by atoms with Crippen LogP contribution in [0.3, 0.4) is 0 Å². The summed E-state index contributed by atoms with van der Waals surface area (Å²) in [6.45, 7) is 1.80. The Balaban J connectivity index is 1.31. The SMILES string of the molecule is CCCCCCCCCCCCCCCCCC/C=C/C(O)C(COC1OC(CO)C(OC2OC(CO)C(OC3OC(CO)C(O)C(O)C3O)C(O)C2O)C(O)C1O)NC(=O)CCCCCCCCCCCCCCCCCCCCCCCCCCCCCCCCCCCCCC. The second-order valence-electron chi connectivity index (χ2n) is 30.0. The average Bonchev–Trinajstić information content (AvgIpc) is 0.785. The van der Waals surface area contributed by atoms with Gasteiger partial charge < -0.3 is 89.9 Å². The quantitative estimate of drug-likeness (QED) is 0.0199. The van der Waals surface area contributed by atoms with Crippen molar-refractivity contribution in [3.63, 3.8) is 0 Å². The van der Waals surface area contributed by atoms with E-state index in [-0.39, 0.29) is 18.9 Å². The van der Waals surface area contributed by atoms with Gasteiger partial charge in [-0.2, -0.15) is 0 Å². The van der Waals surface area contributed by atoms with Crippen molar-refractivity contribution in [2.24, 2.45) is 0 Å². The van der Waals surface area contributed by atoms with Gasteiger partial charge in [-0.15, -0.1) is 0 Å². The van der Waals surface area contributed by atoms with Gasteiger partial charge in [-0.1, -0.05) is 347 Å². The summed E-state index contributed by atoms with van der Waals surface area (Å²) in [6, 6.07) is -0.970. The van der Waals surface area contributed by atoms with Gasteiger partial charge in [0.1, 0.15) is 73.2 Å². The number of carbonyl (C=O) groups is 1. The van der Waals surface area contributed by atoms with Gasteiger partial charge in [-0.25, -0.2) is 0 Å². The molecule has 1 amide bonds. The second kappa shape index (κ2) is 61.7. The fraction of sp³-hybridized carbons (Fsp3) is 0.963. The van der Waals surface area contributed by atoms with Crippen LogP contribution in [0.15, 0.2) is 12.2 Å². The molecule has 99 heavy (non-hydrogen) atoms. The van der Waals surface area contributed by atoms with Crippen molar-refractivity contribution >= 4 is 5.91 Å². The van der Waals surface area contributed by atoms with E-state index in [4.69, 9.17) is 28.4 Å². The molecule has 3 heterocycles. The van der Waals surface area contributed by atoms with Crippen LogP contribution < -0.4 is 5.32 Å². The zero-order valence-electron chi connectivity index (χ0n) is 62.8. The van der Waals surface area contributed by atoms with Crippen LogP contribution in [0, 0.1) is 0 Å². The Morgan fingerprint density at radius 3 is 0.949 bits per heavy atom. The maximum atomic E-state index is 13.5. The van der Waals surface area contributed by atoms with E-state index in [1.165, 1.54) is 289 Å². The molecule has 17 unspecified atom stereocenters. The van der Waals surface area contributed by atoms with Crippen molar-refractivity contribution in [3.8, 4) is 0 Å². The van der Waals surface area contributed by atoms with E-state index in [2.05, 4.69) is 19.2 Å². The number of rotatable bonds is 67. The molecule has 0 aliphatic carbocycles. The number of hydrogen-bond acceptors (Lipinski definition) is 18. The topological polar surface area (TPSA) is 307 Å². The maximum absolute atomic E-state index is 13.5. The highest BCUT2D eigenvalue weighted by Gasteiger charge is 2.54. The first-order valence-corrected chi connectivity index (χ1v) is 41.4. The molecule has 19 nitrogen and oxygen atoms in total. The Hall–Kier alpha value is -1.47. The van der Waals surface area contributed by atoms with Crippen molar-refractivity contribution in [3.05, 3.63) is 12.2 Å². The molecule has 3 fully saturated rings. The predicted octanol–water partition coefficient (Wildman–Crippen LogP) is 14.0. The molecule has 0 spiro atoms. The summed E-state index contributed by atoms with van der Waals surface area (Å²) < 4.78 is 34.4. The van der Waals surface area contributed by atoms with Crippen LogP contribution >= 0.6 is 0 Å². The van der Waals surface area contributed by atoms with Gasteiger partial charge in [0.15, 0.2) is 18.9 Å². The second-order valence-corrected chi connectivity index (χ2v) is 30.0. The van der Waals surface area contributed by atoms with E-state index in [0.717, 1.165) is 44.9 Å². The summed E-state index contributed by atoms with van der Waals surface area (Å²) in [5, 5.41) is 121. The highest BCUT2D eigenvalue weighted by molar-refractivity contribution is 5.76. The van der Waals surface area contributed by atoms with E-state index in [9.17, 15) is 61.0 Å². The zero-order valence-corrected chi connectivity index (χ0v) is 62.8. The molecule has 0 aromatic rings. The Labute approximate surface area is 601 Å². The number of allylic oxidation sites excluding steroid dienone is 1. The van der Waals surface area contributed by atoms with Gasteiger partial charge in [-0.05, 0) is 19.3 Å².